The van der Waals surface area contributed by atoms with Crippen LogP contribution in [0.4, 0.5) is 5.69 Å². The highest BCUT2D eigenvalue weighted by molar-refractivity contribution is 6.32. The van der Waals surface area contributed by atoms with Crippen LogP contribution in [0.5, 0.6) is 5.75 Å². The molecule has 1 aromatic heterocycles. The van der Waals surface area contributed by atoms with E-state index in [4.69, 9.17) is 16.3 Å². The number of hydrogen-bond acceptors (Lipinski definition) is 5. The molecule has 5 rings (SSSR count). The molecule has 1 fully saturated rings. The molecule has 0 unspecified atom stereocenters. The van der Waals surface area contributed by atoms with Crippen LogP contribution in [-0.4, -0.2) is 29.8 Å². The number of hydrogen-bond donors (Lipinski definition) is 2. The zero-order valence-electron chi connectivity index (χ0n) is 19.0. The Bertz CT molecular complexity index is 1270. The second kappa shape index (κ2) is 9.47. The number of carbonyl (C=O) groups is 2. The molecular formula is C27H26ClN3O3. The average Bonchev–Trinajstić information content (AvgIpc) is 3.15. The van der Waals surface area contributed by atoms with Gasteiger partial charge < -0.3 is 15.4 Å². The number of anilines is 1. The summed E-state index contributed by atoms with van der Waals surface area (Å²) < 4.78 is 5.23. The number of nitrogens with one attached hydrogen (secondary N) is 2. The number of rotatable bonds is 6. The van der Waals surface area contributed by atoms with Crippen LogP contribution in [0.15, 0.2) is 48.5 Å². The van der Waals surface area contributed by atoms with Crippen LogP contribution in [0.2, 0.25) is 5.02 Å². The van der Waals surface area contributed by atoms with Crippen molar-refractivity contribution in [3.63, 3.8) is 0 Å². The van der Waals surface area contributed by atoms with Crippen LogP contribution < -0.4 is 15.4 Å². The van der Waals surface area contributed by atoms with E-state index in [1.807, 2.05) is 30.3 Å². The van der Waals surface area contributed by atoms with Crippen molar-refractivity contribution in [3.8, 4) is 17.0 Å². The second-order valence-electron chi connectivity index (χ2n) is 8.78. The van der Waals surface area contributed by atoms with E-state index < -0.39 is 0 Å². The minimum Gasteiger partial charge on any atom is -0.495 e. The Balaban J connectivity index is 1.48. The standard InChI is InChI=1S/C27H26ClN3O3/c1-34-23-12-11-16(13-20(23)28)15-29-21-14-22(27(33)30-17-7-3-2-4-8-17)31-25-18-9-5-6-10-19(18)26(32)24(21)25/h5-6,9-14,17H,2-4,7-8,15H2,1H3,(H,29,31)(H,30,33). The van der Waals surface area contributed by atoms with E-state index in [1.165, 1.54) is 6.42 Å². The van der Waals surface area contributed by atoms with E-state index in [2.05, 4.69) is 15.6 Å². The number of pyridine rings is 1. The minimum absolute atomic E-state index is 0.0902. The van der Waals surface area contributed by atoms with Gasteiger partial charge in [-0.3, -0.25) is 9.59 Å². The van der Waals surface area contributed by atoms with Crippen molar-refractivity contribution in [2.45, 2.75) is 44.7 Å². The summed E-state index contributed by atoms with van der Waals surface area (Å²) in [5, 5.41) is 7.00. The van der Waals surface area contributed by atoms with Crippen molar-refractivity contribution in [1.82, 2.24) is 10.3 Å². The number of nitrogens with zero attached hydrogens (tertiary/aromatic N) is 1. The molecule has 0 aliphatic heterocycles. The average molecular weight is 476 g/mol. The third-order valence-electron chi connectivity index (χ3n) is 6.55. The fourth-order valence-corrected chi connectivity index (χ4v) is 5.05. The number of methoxy groups -OCH3 is 1. The minimum atomic E-state index is -0.206. The molecule has 0 atom stereocenters. The van der Waals surface area contributed by atoms with Crippen LogP contribution in [0, 0.1) is 0 Å². The van der Waals surface area contributed by atoms with Crippen LogP contribution >= 0.6 is 11.6 Å². The predicted octanol–water partition coefficient (Wildman–Crippen LogP) is 5.63. The molecule has 2 aliphatic carbocycles. The zero-order chi connectivity index (χ0) is 23.7. The van der Waals surface area contributed by atoms with Gasteiger partial charge in [0.2, 0.25) is 0 Å². The van der Waals surface area contributed by atoms with E-state index in [0.717, 1.165) is 36.8 Å². The van der Waals surface area contributed by atoms with E-state index in [-0.39, 0.29) is 17.7 Å². The third kappa shape index (κ3) is 4.26. The summed E-state index contributed by atoms with van der Waals surface area (Å²) in [6.45, 7) is 0.424. The summed E-state index contributed by atoms with van der Waals surface area (Å²) >= 11 is 6.28. The topological polar surface area (TPSA) is 80.3 Å². The molecule has 1 heterocycles. The Morgan fingerprint density at radius 2 is 1.85 bits per heavy atom. The highest BCUT2D eigenvalue weighted by Gasteiger charge is 2.32. The number of carbonyl (C=O) groups excluding carboxylic acids is 2. The van der Waals surface area contributed by atoms with Gasteiger partial charge in [-0.25, -0.2) is 4.98 Å². The first-order valence-corrected chi connectivity index (χ1v) is 12.0. The summed E-state index contributed by atoms with van der Waals surface area (Å²) in [6.07, 6.45) is 5.44. The quantitative estimate of drug-likeness (QED) is 0.378. The largest absolute Gasteiger partial charge is 0.495 e. The zero-order valence-corrected chi connectivity index (χ0v) is 19.7. The van der Waals surface area contributed by atoms with Gasteiger partial charge in [0, 0.05) is 23.7 Å². The Hall–Kier alpha value is -3.38. The van der Waals surface area contributed by atoms with E-state index >= 15 is 0 Å². The highest BCUT2D eigenvalue weighted by atomic mass is 35.5. The lowest BCUT2D eigenvalue weighted by Gasteiger charge is -2.23. The molecule has 2 aromatic carbocycles. The molecule has 0 spiro atoms. The Morgan fingerprint density at radius 3 is 2.59 bits per heavy atom. The Morgan fingerprint density at radius 1 is 1.09 bits per heavy atom. The van der Waals surface area contributed by atoms with Crippen molar-refractivity contribution in [1.29, 1.82) is 0 Å². The van der Waals surface area contributed by atoms with Crippen LogP contribution in [-0.2, 0) is 6.54 Å². The molecule has 7 heteroatoms. The van der Waals surface area contributed by atoms with Crippen molar-refractivity contribution < 1.29 is 14.3 Å². The molecule has 1 amide bonds. The number of amides is 1. The van der Waals surface area contributed by atoms with Crippen LogP contribution in [0.3, 0.4) is 0 Å². The molecular weight excluding hydrogens is 450 g/mol. The molecule has 34 heavy (non-hydrogen) atoms. The summed E-state index contributed by atoms with van der Waals surface area (Å²) in [5.74, 6) is 0.303. The molecule has 3 aromatic rings. The molecule has 174 valence electrons. The number of halogens is 1. The van der Waals surface area contributed by atoms with Crippen molar-refractivity contribution >= 4 is 29.0 Å². The maximum atomic E-state index is 13.2. The van der Waals surface area contributed by atoms with Crippen LogP contribution in [0.1, 0.15) is 64.1 Å². The molecule has 0 bridgehead atoms. The fourth-order valence-electron chi connectivity index (χ4n) is 4.77. The number of ketones is 1. The molecule has 2 N–H and O–H groups in total. The Kier molecular flexibility index (Phi) is 6.24. The monoisotopic (exact) mass is 475 g/mol. The highest BCUT2D eigenvalue weighted by Crippen LogP contribution is 2.39. The predicted molar refractivity (Wildman–Crippen MR) is 133 cm³/mol. The fraction of sp³-hybridized carbons (Fsp3) is 0.296. The number of fused-ring (bicyclic) bond motifs is 3. The third-order valence-corrected chi connectivity index (χ3v) is 6.84. The van der Waals surface area contributed by atoms with Crippen molar-refractivity contribution in [2.75, 3.05) is 12.4 Å². The molecule has 6 nitrogen and oxygen atoms in total. The van der Waals surface area contributed by atoms with Gasteiger partial charge in [0.1, 0.15) is 11.4 Å². The number of ether oxygens (including phenoxy) is 1. The number of benzene rings is 2. The normalized spacial score (nSPS) is 14.9. The lowest BCUT2D eigenvalue weighted by Crippen LogP contribution is -2.36. The summed E-state index contributed by atoms with van der Waals surface area (Å²) in [6, 6.07) is 14.8. The van der Waals surface area contributed by atoms with E-state index in [0.29, 0.717) is 45.5 Å². The lowest BCUT2D eigenvalue weighted by atomic mass is 9.95. The SMILES string of the molecule is COc1ccc(CNc2cc(C(=O)NC3CCCCC3)nc3c2C(=O)c2ccccc2-3)cc1Cl. The van der Waals surface area contributed by atoms with E-state index in [1.54, 1.807) is 25.3 Å². The van der Waals surface area contributed by atoms with Gasteiger partial charge in [-0.2, -0.15) is 0 Å². The summed E-state index contributed by atoms with van der Waals surface area (Å²) in [4.78, 5) is 31.0. The maximum absolute atomic E-state index is 13.2. The Labute approximate surface area is 203 Å². The van der Waals surface area contributed by atoms with Gasteiger partial charge in [-0.05, 0) is 36.6 Å². The molecule has 0 radical (unpaired) electrons. The maximum Gasteiger partial charge on any atom is 0.270 e. The van der Waals surface area contributed by atoms with Crippen molar-refractivity contribution in [2.24, 2.45) is 0 Å². The first-order chi connectivity index (χ1) is 16.5. The molecule has 1 saturated carbocycles. The smallest absolute Gasteiger partial charge is 0.270 e. The van der Waals surface area contributed by atoms with Crippen LogP contribution in [0.25, 0.3) is 11.3 Å². The first kappa shape index (κ1) is 22.4. The second-order valence-corrected chi connectivity index (χ2v) is 9.19. The van der Waals surface area contributed by atoms with Gasteiger partial charge in [-0.15, -0.1) is 0 Å². The molecule has 0 saturated heterocycles. The van der Waals surface area contributed by atoms with E-state index in [9.17, 15) is 9.59 Å². The van der Waals surface area contributed by atoms with Gasteiger partial charge in [0.05, 0.1) is 29.1 Å². The lowest BCUT2D eigenvalue weighted by molar-refractivity contribution is 0.0921. The van der Waals surface area contributed by atoms with Gasteiger partial charge in [0.15, 0.2) is 5.78 Å². The van der Waals surface area contributed by atoms with Crippen molar-refractivity contribution in [3.05, 3.63) is 75.9 Å². The summed E-state index contributed by atoms with van der Waals surface area (Å²) in [5.41, 5.74) is 4.22. The number of aromatic nitrogens is 1. The van der Waals surface area contributed by atoms with Gasteiger partial charge in [0.25, 0.3) is 5.91 Å². The van der Waals surface area contributed by atoms with Gasteiger partial charge >= 0.3 is 0 Å². The van der Waals surface area contributed by atoms with Gasteiger partial charge in [-0.1, -0.05) is 61.2 Å². The first-order valence-electron chi connectivity index (χ1n) is 11.6. The molecule has 2 aliphatic rings. The summed E-state index contributed by atoms with van der Waals surface area (Å²) in [7, 11) is 1.57.